The third kappa shape index (κ3) is 3.38. The van der Waals surface area contributed by atoms with E-state index in [2.05, 4.69) is 16.8 Å². The number of ether oxygens (including phenoxy) is 1. The minimum absolute atomic E-state index is 0.498. The Kier molecular flexibility index (Phi) is 4.48. The van der Waals surface area contributed by atoms with Crippen LogP contribution in [0.5, 0.6) is 5.88 Å². The van der Waals surface area contributed by atoms with E-state index in [9.17, 15) is 5.21 Å². The van der Waals surface area contributed by atoms with Crippen LogP contribution in [0.1, 0.15) is 5.56 Å². The van der Waals surface area contributed by atoms with E-state index in [1.165, 1.54) is 6.20 Å². The predicted octanol–water partition coefficient (Wildman–Crippen LogP) is 3.39. The van der Waals surface area contributed by atoms with Gasteiger partial charge in [0.05, 0.1) is 13.7 Å². The summed E-state index contributed by atoms with van der Waals surface area (Å²) < 4.78 is 7.82. The molecule has 0 radical (unpaired) electrons. The molecule has 2 aromatic heterocycles. The van der Waals surface area contributed by atoms with E-state index in [4.69, 9.17) is 16.3 Å². The van der Waals surface area contributed by atoms with Crippen LogP contribution in [0.4, 0.5) is 5.69 Å². The number of hydrogen-bond donors (Lipinski definition) is 1. The lowest BCUT2D eigenvalue weighted by atomic mass is 10.1. The smallest absolute Gasteiger partial charge is 0.294 e. The highest BCUT2D eigenvalue weighted by Gasteiger charge is 2.12. The van der Waals surface area contributed by atoms with Crippen molar-refractivity contribution in [2.45, 2.75) is 6.54 Å². The van der Waals surface area contributed by atoms with Gasteiger partial charge < -0.3 is 4.74 Å². The number of aromatic nitrogens is 3. The Bertz CT molecular complexity index is 892. The maximum atomic E-state index is 9.32. The Hall–Kier alpha value is -2.86. The number of pyridine rings is 1. The van der Waals surface area contributed by atoms with Crippen molar-refractivity contribution in [2.24, 2.45) is 0 Å². The van der Waals surface area contributed by atoms with Crippen LogP contribution in [0.2, 0.25) is 5.02 Å². The van der Waals surface area contributed by atoms with Gasteiger partial charge in [0.2, 0.25) is 5.88 Å². The second-order valence-electron chi connectivity index (χ2n) is 5.21. The molecule has 24 heavy (non-hydrogen) atoms. The van der Waals surface area contributed by atoms with Crippen LogP contribution in [-0.2, 0) is 6.54 Å². The van der Waals surface area contributed by atoms with E-state index in [1.54, 1.807) is 24.2 Å². The molecule has 2 heterocycles. The fraction of sp³-hybridized carbons (Fsp3) is 0.118. The molecule has 0 atom stereocenters. The van der Waals surface area contributed by atoms with Gasteiger partial charge in [0.15, 0.2) is 6.72 Å². The molecule has 7 heteroatoms. The van der Waals surface area contributed by atoms with Crippen molar-refractivity contribution >= 4 is 24.0 Å². The minimum Gasteiger partial charge on any atom is -0.481 e. The molecule has 0 saturated carbocycles. The maximum absolute atomic E-state index is 9.32. The van der Waals surface area contributed by atoms with Crippen LogP contribution in [0, 0.1) is 0 Å². The monoisotopic (exact) mass is 343 g/mol. The van der Waals surface area contributed by atoms with Crippen LogP contribution in [0.15, 0.2) is 48.9 Å². The molecule has 0 bridgehead atoms. The lowest BCUT2D eigenvalue weighted by molar-refractivity contribution is -0.706. The van der Waals surface area contributed by atoms with Crippen LogP contribution < -0.4 is 4.74 Å². The normalized spacial score (nSPS) is 10.6. The Morgan fingerprint density at radius 1 is 1.33 bits per heavy atom. The van der Waals surface area contributed by atoms with Gasteiger partial charge in [0.1, 0.15) is 12.4 Å². The molecule has 0 unspecified atom stereocenters. The van der Waals surface area contributed by atoms with Crippen LogP contribution >= 0.6 is 11.6 Å². The number of methoxy groups -OCH3 is 1. The number of nitrogens with zero attached hydrogens (tertiary/aromatic N) is 4. The van der Waals surface area contributed by atoms with E-state index in [1.807, 2.05) is 30.3 Å². The van der Waals surface area contributed by atoms with Gasteiger partial charge in [-0.1, -0.05) is 23.7 Å². The van der Waals surface area contributed by atoms with Gasteiger partial charge in [-0.2, -0.15) is 5.10 Å². The summed E-state index contributed by atoms with van der Waals surface area (Å²) in [4.78, 5) is 4.36. The van der Waals surface area contributed by atoms with Crippen molar-refractivity contribution in [1.82, 2.24) is 14.8 Å². The van der Waals surface area contributed by atoms with Crippen LogP contribution in [0.25, 0.3) is 11.1 Å². The second kappa shape index (κ2) is 6.72. The second-order valence-corrected chi connectivity index (χ2v) is 5.64. The molecular weight excluding hydrogens is 328 g/mol. The summed E-state index contributed by atoms with van der Waals surface area (Å²) in [6.07, 6.45) is 4.95. The fourth-order valence-corrected chi connectivity index (χ4v) is 2.56. The number of halogens is 1. The van der Waals surface area contributed by atoms with Gasteiger partial charge in [0, 0.05) is 21.5 Å². The molecule has 3 aromatic rings. The van der Waals surface area contributed by atoms with Crippen molar-refractivity contribution < 1.29 is 14.7 Å². The van der Waals surface area contributed by atoms with Crippen molar-refractivity contribution in [1.29, 1.82) is 0 Å². The summed E-state index contributed by atoms with van der Waals surface area (Å²) >= 11 is 6.08. The summed E-state index contributed by atoms with van der Waals surface area (Å²) in [5.74, 6) is 0.529. The van der Waals surface area contributed by atoms with Crippen LogP contribution in [-0.4, -0.2) is 38.5 Å². The van der Waals surface area contributed by atoms with E-state index in [0.29, 0.717) is 23.1 Å². The number of benzene rings is 1. The molecule has 0 aliphatic carbocycles. The first kappa shape index (κ1) is 16.0. The van der Waals surface area contributed by atoms with Crippen molar-refractivity contribution in [3.05, 3.63) is 59.5 Å². The van der Waals surface area contributed by atoms with E-state index in [-0.39, 0.29) is 0 Å². The largest absolute Gasteiger partial charge is 0.481 e. The van der Waals surface area contributed by atoms with Crippen molar-refractivity contribution in [3.63, 3.8) is 0 Å². The zero-order valence-electron chi connectivity index (χ0n) is 13.1. The first-order valence-electron chi connectivity index (χ1n) is 7.17. The molecule has 0 aliphatic heterocycles. The minimum atomic E-state index is 0.498. The predicted molar refractivity (Wildman–Crippen MR) is 91.4 cm³/mol. The summed E-state index contributed by atoms with van der Waals surface area (Å²) in [5.41, 5.74) is 3.22. The summed E-state index contributed by atoms with van der Waals surface area (Å²) in [6.45, 7) is 3.91. The summed E-state index contributed by atoms with van der Waals surface area (Å²) in [6, 6.07) is 9.50. The van der Waals surface area contributed by atoms with E-state index >= 15 is 0 Å². The molecule has 0 fully saturated rings. The Morgan fingerprint density at radius 2 is 2.17 bits per heavy atom. The molecular formula is C17H16ClN4O2+. The molecule has 0 amide bonds. The van der Waals surface area contributed by atoms with Gasteiger partial charge in [0.25, 0.3) is 5.69 Å². The van der Waals surface area contributed by atoms with E-state index < -0.39 is 0 Å². The molecule has 3 rings (SSSR count). The average Bonchev–Trinajstić information content (AvgIpc) is 3.03. The fourth-order valence-electron chi connectivity index (χ4n) is 2.37. The first-order valence-corrected chi connectivity index (χ1v) is 7.55. The van der Waals surface area contributed by atoms with Crippen molar-refractivity contribution in [2.75, 3.05) is 7.11 Å². The maximum Gasteiger partial charge on any atom is 0.294 e. The molecule has 122 valence electrons. The zero-order valence-corrected chi connectivity index (χ0v) is 13.8. The lowest BCUT2D eigenvalue weighted by Gasteiger charge is -2.10. The number of hydrogen-bond acceptors (Lipinski definition) is 4. The third-order valence-corrected chi connectivity index (χ3v) is 3.73. The molecule has 0 saturated heterocycles. The number of rotatable bonds is 5. The molecule has 1 aromatic carbocycles. The molecule has 0 spiro atoms. The molecule has 6 nitrogen and oxygen atoms in total. The molecule has 0 aliphatic rings. The Balaban J connectivity index is 1.95. The van der Waals surface area contributed by atoms with Gasteiger partial charge in [-0.05, 0) is 29.3 Å². The highest BCUT2D eigenvalue weighted by Crippen LogP contribution is 2.30. The summed E-state index contributed by atoms with van der Waals surface area (Å²) in [7, 11) is 1.58. The SMILES string of the molecule is C=[N+](O)c1cnn(Cc2cnc(OC)c(-c3cccc(Cl)c3)c2)c1. The average molecular weight is 344 g/mol. The first-order chi connectivity index (χ1) is 11.6. The standard InChI is InChI=1S/C17H16ClN4O2/c1-21(23)15-9-20-22(11-15)10-12-6-16(17(24-2)19-8-12)13-4-3-5-14(18)7-13/h3-9,11,23H,1,10H2,2H3/q+1. The van der Waals surface area contributed by atoms with Crippen molar-refractivity contribution in [3.8, 4) is 17.0 Å². The third-order valence-electron chi connectivity index (χ3n) is 3.50. The van der Waals surface area contributed by atoms with Crippen LogP contribution in [0.3, 0.4) is 0 Å². The topological polar surface area (TPSA) is 63.2 Å². The lowest BCUT2D eigenvalue weighted by Crippen LogP contribution is -2.02. The highest BCUT2D eigenvalue weighted by molar-refractivity contribution is 6.30. The quantitative estimate of drug-likeness (QED) is 0.334. The summed E-state index contributed by atoms with van der Waals surface area (Å²) in [5, 5.41) is 14.2. The van der Waals surface area contributed by atoms with Gasteiger partial charge in [-0.3, -0.25) is 9.89 Å². The molecule has 1 N–H and O–H groups in total. The zero-order chi connectivity index (χ0) is 17.1. The van der Waals surface area contributed by atoms with Gasteiger partial charge >= 0.3 is 0 Å². The van der Waals surface area contributed by atoms with E-state index in [0.717, 1.165) is 21.4 Å². The Morgan fingerprint density at radius 3 is 2.83 bits per heavy atom. The van der Waals surface area contributed by atoms with Gasteiger partial charge in [-0.25, -0.2) is 4.98 Å². The van der Waals surface area contributed by atoms with Gasteiger partial charge in [-0.15, -0.1) is 0 Å². The highest BCUT2D eigenvalue weighted by atomic mass is 35.5. The Labute approximate surface area is 144 Å².